The van der Waals surface area contributed by atoms with Gasteiger partial charge in [0.15, 0.2) is 0 Å². The smallest absolute Gasteiger partial charge is 0.471 e. The number of halogens is 3. The Hall–Kier alpha value is -2.58. The lowest BCUT2D eigenvalue weighted by Crippen LogP contribution is -2.49. The van der Waals surface area contributed by atoms with Gasteiger partial charge in [0, 0.05) is 5.69 Å². The number of carbonyl (C=O) groups excluding carboxylic acids is 2. The number of hydrogen-bond acceptors (Lipinski definition) is 3. The van der Waals surface area contributed by atoms with E-state index in [0.717, 1.165) is 0 Å². The molecule has 114 valence electrons. The molecule has 3 N–H and O–H groups in total. The topological polar surface area (TPSA) is 95.5 Å². The number of alkyl halides is 3. The number of amides is 2. The van der Waals surface area contributed by atoms with Crippen molar-refractivity contribution >= 4 is 23.5 Å². The molecular weight excluding hydrogens is 293 g/mol. The summed E-state index contributed by atoms with van der Waals surface area (Å²) in [6.07, 6.45) is -6.18. The van der Waals surface area contributed by atoms with E-state index in [1.165, 1.54) is 17.4 Å². The molecule has 0 spiro atoms. The second-order valence-corrected chi connectivity index (χ2v) is 3.98. The predicted molar refractivity (Wildman–Crippen MR) is 65.3 cm³/mol. The van der Waals surface area contributed by atoms with Crippen LogP contribution in [-0.2, 0) is 14.4 Å². The van der Waals surface area contributed by atoms with Gasteiger partial charge in [-0.05, 0) is 12.1 Å². The minimum absolute atomic E-state index is 0.263. The summed E-state index contributed by atoms with van der Waals surface area (Å²) in [7, 11) is 0. The molecule has 0 fully saturated rings. The summed E-state index contributed by atoms with van der Waals surface area (Å²) >= 11 is 0. The Morgan fingerprint density at radius 2 is 1.71 bits per heavy atom. The van der Waals surface area contributed by atoms with Crippen LogP contribution in [0.4, 0.5) is 18.9 Å². The molecule has 0 heterocycles. The fourth-order valence-electron chi connectivity index (χ4n) is 1.37. The molecule has 6 nitrogen and oxygen atoms in total. The molecule has 1 rings (SSSR count). The minimum Gasteiger partial charge on any atom is -0.481 e. The molecule has 1 atom stereocenters. The second kappa shape index (κ2) is 6.73. The monoisotopic (exact) mass is 304 g/mol. The van der Waals surface area contributed by atoms with Crippen molar-refractivity contribution in [2.24, 2.45) is 0 Å². The van der Waals surface area contributed by atoms with Crippen molar-refractivity contribution in [1.29, 1.82) is 0 Å². The highest BCUT2D eigenvalue weighted by atomic mass is 19.4. The molecule has 0 unspecified atom stereocenters. The lowest BCUT2D eigenvalue weighted by Gasteiger charge is -2.17. The van der Waals surface area contributed by atoms with Gasteiger partial charge in [0.25, 0.3) is 0 Å². The molecule has 2 amide bonds. The van der Waals surface area contributed by atoms with Crippen LogP contribution in [0.25, 0.3) is 0 Å². The molecule has 0 saturated heterocycles. The van der Waals surface area contributed by atoms with Gasteiger partial charge in [-0.25, -0.2) is 0 Å². The van der Waals surface area contributed by atoms with Crippen LogP contribution >= 0.6 is 0 Å². The van der Waals surface area contributed by atoms with E-state index in [1.54, 1.807) is 18.2 Å². The Labute approximate surface area is 116 Å². The molecule has 21 heavy (non-hydrogen) atoms. The van der Waals surface area contributed by atoms with Gasteiger partial charge in [-0.3, -0.25) is 14.4 Å². The van der Waals surface area contributed by atoms with Gasteiger partial charge >= 0.3 is 18.1 Å². The van der Waals surface area contributed by atoms with Gasteiger partial charge in [0.05, 0.1) is 6.42 Å². The third-order valence-electron chi connectivity index (χ3n) is 2.30. The average molecular weight is 304 g/mol. The number of aliphatic carboxylic acids is 1. The summed E-state index contributed by atoms with van der Waals surface area (Å²) < 4.78 is 36.4. The van der Waals surface area contributed by atoms with Gasteiger partial charge < -0.3 is 15.7 Å². The number of carbonyl (C=O) groups is 3. The summed E-state index contributed by atoms with van der Waals surface area (Å²) in [4.78, 5) is 33.1. The van der Waals surface area contributed by atoms with Crippen molar-refractivity contribution < 1.29 is 32.7 Å². The molecule has 0 aliphatic heterocycles. The van der Waals surface area contributed by atoms with E-state index in [0.29, 0.717) is 0 Å². The normalized spacial score (nSPS) is 12.3. The Morgan fingerprint density at radius 3 is 2.19 bits per heavy atom. The number of benzene rings is 1. The first-order valence-corrected chi connectivity index (χ1v) is 5.65. The van der Waals surface area contributed by atoms with E-state index < -0.39 is 36.4 Å². The number of carboxylic acids is 1. The van der Waals surface area contributed by atoms with E-state index in [4.69, 9.17) is 5.11 Å². The Kier molecular flexibility index (Phi) is 5.28. The van der Waals surface area contributed by atoms with E-state index in [2.05, 4.69) is 5.32 Å². The summed E-state index contributed by atoms with van der Waals surface area (Å²) in [6, 6.07) is 5.86. The van der Waals surface area contributed by atoms with E-state index in [9.17, 15) is 27.6 Å². The van der Waals surface area contributed by atoms with Crippen molar-refractivity contribution in [2.45, 2.75) is 18.6 Å². The Bertz CT molecular complexity index is 531. The molecule has 0 bridgehead atoms. The zero-order valence-electron chi connectivity index (χ0n) is 10.5. The third kappa shape index (κ3) is 5.51. The van der Waals surface area contributed by atoms with Gasteiger partial charge in [-0.15, -0.1) is 0 Å². The van der Waals surface area contributed by atoms with Gasteiger partial charge in [-0.1, -0.05) is 18.2 Å². The van der Waals surface area contributed by atoms with Crippen LogP contribution in [0.15, 0.2) is 30.3 Å². The lowest BCUT2D eigenvalue weighted by molar-refractivity contribution is -0.174. The quantitative estimate of drug-likeness (QED) is 0.760. The maximum atomic E-state index is 12.1. The first-order valence-electron chi connectivity index (χ1n) is 5.65. The van der Waals surface area contributed by atoms with E-state index in [1.807, 2.05) is 0 Å². The van der Waals surface area contributed by atoms with E-state index in [-0.39, 0.29) is 5.69 Å². The molecule has 1 aromatic carbocycles. The number of nitrogens with one attached hydrogen (secondary N) is 2. The maximum absolute atomic E-state index is 12.1. The second-order valence-electron chi connectivity index (χ2n) is 3.98. The molecule has 0 saturated carbocycles. The fraction of sp³-hybridized carbons (Fsp3) is 0.250. The molecule has 0 aliphatic rings. The summed E-state index contributed by atoms with van der Waals surface area (Å²) in [5, 5.41) is 12.2. The van der Waals surface area contributed by atoms with Crippen LogP contribution in [0, 0.1) is 0 Å². The van der Waals surface area contributed by atoms with Crippen molar-refractivity contribution in [2.75, 3.05) is 5.32 Å². The standard InChI is InChI=1S/C12H11F3N2O4/c13-12(14,15)11(21)17-8(6-9(18)19)10(20)16-7-4-2-1-3-5-7/h1-5,8H,6H2,(H,16,20)(H,17,21)(H,18,19)/t8-/m0/s1. The largest absolute Gasteiger partial charge is 0.481 e. The van der Waals surface area contributed by atoms with Gasteiger partial charge in [-0.2, -0.15) is 13.2 Å². The van der Waals surface area contributed by atoms with E-state index >= 15 is 0 Å². The minimum atomic E-state index is -5.20. The Morgan fingerprint density at radius 1 is 1.14 bits per heavy atom. The zero-order valence-corrected chi connectivity index (χ0v) is 10.5. The van der Waals surface area contributed by atoms with Crippen LogP contribution in [0.3, 0.4) is 0 Å². The van der Waals surface area contributed by atoms with Crippen LogP contribution < -0.4 is 10.6 Å². The van der Waals surface area contributed by atoms with Gasteiger partial charge in [0.2, 0.25) is 5.91 Å². The van der Waals surface area contributed by atoms with Crippen molar-refractivity contribution in [3.8, 4) is 0 Å². The fourth-order valence-corrected chi connectivity index (χ4v) is 1.37. The van der Waals surface area contributed by atoms with Gasteiger partial charge in [0.1, 0.15) is 6.04 Å². The van der Waals surface area contributed by atoms with Crippen molar-refractivity contribution in [3.05, 3.63) is 30.3 Å². The van der Waals surface area contributed by atoms with Crippen LogP contribution in [0.1, 0.15) is 6.42 Å². The lowest BCUT2D eigenvalue weighted by atomic mass is 10.2. The summed E-state index contributed by atoms with van der Waals surface area (Å²) in [5.41, 5.74) is 0.263. The van der Waals surface area contributed by atoms with Crippen LogP contribution in [-0.4, -0.2) is 35.1 Å². The number of anilines is 1. The highest BCUT2D eigenvalue weighted by Gasteiger charge is 2.41. The Balaban J connectivity index is 2.79. The van der Waals surface area contributed by atoms with Crippen molar-refractivity contribution in [1.82, 2.24) is 5.32 Å². The number of carboxylic acid groups (broad SMARTS) is 1. The molecule has 0 aliphatic carbocycles. The number of rotatable bonds is 5. The number of para-hydroxylation sites is 1. The molecule has 1 aromatic rings. The molecule has 9 heteroatoms. The van der Waals surface area contributed by atoms with Crippen LogP contribution in [0.5, 0.6) is 0 Å². The average Bonchev–Trinajstić information content (AvgIpc) is 2.37. The highest BCUT2D eigenvalue weighted by Crippen LogP contribution is 2.15. The molecule has 0 aromatic heterocycles. The van der Waals surface area contributed by atoms with Crippen molar-refractivity contribution in [3.63, 3.8) is 0 Å². The third-order valence-corrected chi connectivity index (χ3v) is 2.30. The maximum Gasteiger partial charge on any atom is 0.471 e. The molecule has 0 radical (unpaired) electrons. The summed E-state index contributed by atoms with van der Waals surface area (Å²) in [5.74, 6) is -4.95. The first kappa shape index (κ1) is 16.5. The van der Waals surface area contributed by atoms with Crippen LogP contribution in [0.2, 0.25) is 0 Å². The summed E-state index contributed by atoms with van der Waals surface area (Å²) in [6.45, 7) is 0. The first-order chi connectivity index (χ1) is 9.70. The molecular formula is C12H11F3N2O4. The number of hydrogen-bond donors (Lipinski definition) is 3. The highest BCUT2D eigenvalue weighted by molar-refractivity contribution is 5.99. The predicted octanol–water partition coefficient (Wildman–Crippen LogP) is 1.15. The zero-order chi connectivity index (χ0) is 16.0. The SMILES string of the molecule is O=C(O)C[C@H](NC(=O)C(F)(F)F)C(=O)Nc1ccccc1.